The fraction of sp³-hybridized carbons (Fsp3) is 0.125. The van der Waals surface area contributed by atoms with Crippen molar-refractivity contribution >= 4 is 34.8 Å². The van der Waals surface area contributed by atoms with Gasteiger partial charge in [0.2, 0.25) is 0 Å². The zero-order valence-electron chi connectivity index (χ0n) is 16.4. The highest BCUT2D eigenvalue weighted by Crippen LogP contribution is 2.25. The Labute approximate surface area is 172 Å². The summed E-state index contributed by atoms with van der Waals surface area (Å²) in [5, 5.41) is 1.76. The van der Waals surface area contributed by atoms with Crippen molar-refractivity contribution in [2.75, 3.05) is 0 Å². The third-order valence-corrected chi connectivity index (χ3v) is 4.53. The van der Waals surface area contributed by atoms with Crippen LogP contribution in [0.4, 0.5) is 0 Å². The predicted molar refractivity (Wildman–Crippen MR) is 110 cm³/mol. The summed E-state index contributed by atoms with van der Waals surface area (Å²) in [6.07, 6.45) is 1.37. The highest BCUT2D eigenvalue weighted by molar-refractivity contribution is 6.18. The highest BCUT2D eigenvalue weighted by atomic mass is 16.7. The van der Waals surface area contributed by atoms with Gasteiger partial charge in [-0.3, -0.25) is 0 Å². The molecule has 6 heteroatoms. The summed E-state index contributed by atoms with van der Waals surface area (Å²) in [5.41, 5.74) is 0.827. The molecule has 0 bridgehead atoms. The number of cyclic esters (lactones) is 2. The third-order valence-electron chi connectivity index (χ3n) is 4.53. The summed E-state index contributed by atoms with van der Waals surface area (Å²) < 4.78 is 15.6. The molecule has 0 unspecified atom stereocenters. The Morgan fingerprint density at radius 1 is 0.867 bits per heavy atom. The van der Waals surface area contributed by atoms with E-state index in [1.165, 1.54) is 19.9 Å². The van der Waals surface area contributed by atoms with E-state index >= 15 is 0 Å². The van der Waals surface area contributed by atoms with Crippen LogP contribution < -0.4 is 4.74 Å². The molecule has 0 spiro atoms. The SMILES string of the molecule is CC1(C)OC(=O)C(=Cc2ccc(OC(=O)c3cccc4ccccc34)cc2)C(=O)O1. The summed E-state index contributed by atoms with van der Waals surface area (Å²) in [6, 6.07) is 19.4. The third kappa shape index (κ3) is 3.93. The Morgan fingerprint density at radius 2 is 1.50 bits per heavy atom. The number of rotatable bonds is 3. The van der Waals surface area contributed by atoms with E-state index in [2.05, 4.69) is 0 Å². The van der Waals surface area contributed by atoms with Gasteiger partial charge in [-0.25, -0.2) is 14.4 Å². The van der Waals surface area contributed by atoms with Crippen molar-refractivity contribution in [2.24, 2.45) is 0 Å². The van der Waals surface area contributed by atoms with Crippen molar-refractivity contribution in [1.82, 2.24) is 0 Å². The van der Waals surface area contributed by atoms with Gasteiger partial charge in [0.15, 0.2) is 0 Å². The van der Waals surface area contributed by atoms with Gasteiger partial charge in [-0.1, -0.05) is 48.5 Å². The first kappa shape index (κ1) is 19.4. The molecule has 1 saturated heterocycles. The van der Waals surface area contributed by atoms with E-state index in [0.717, 1.165) is 10.8 Å². The van der Waals surface area contributed by atoms with E-state index in [4.69, 9.17) is 14.2 Å². The molecule has 1 heterocycles. The summed E-state index contributed by atoms with van der Waals surface area (Å²) >= 11 is 0. The first-order chi connectivity index (χ1) is 14.3. The molecule has 0 aliphatic carbocycles. The van der Waals surface area contributed by atoms with E-state index in [9.17, 15) is 14.4 Å². The van der Waals surface area contributed by atoms with Gasteiger partial charge >= 0.3 is 17.9 Å². The molecule has 150 valence electrons. The molecule has 6 nitrogen and oxygen atoms in total. The van der Waals surface area contributed by atoms with Crippen molar-refractivity contribution in [1.29, 1.82) is 0 Å². The Balaban J connectivity index is 1.52. The number of carbonyl (C=O) groups excluding carboxylic acids is 3. The number of hydrogen-bond acceptors (Lipinski definition) is 6. The largest absolute Gasteiger partial charge is 0.423 e. The normalized spacial score (nSPS) is 15.3. The minimum Gasteiger partial charge on any atom is -0.423 e. The van der Waals surface area contributed by atoms with Crippen LogP contribution in [0.2, 0.25) is 0 Å². The zero-order valence-corrected chi connectivity index (χ0v) is 16.4. The second-order valence-electron chi connectivity index (χ2n) is 7.22. The van der Waals surface area contributed by atoms with Gasteiger partial charge in [0, 0.05) is 13.8 Å². The molecule has 3 aromatic rings. The van der Waals surface area contributed by atoms with Crippen LogP contribution in [0.3, 0.4) is 0 Å². The molecular formula is C24H18O6. The lowest BCUT2D eigenvalue weighted by molar-refractivity contribution is -0.222. The van der Waals surface area contributed by atoms with E-state index in [-0.39, 0.29) is 5.57 Å². The van der Waals surface area contributed by atoms with Gasteiger partial charge in [-0.05, 0) is 40.6 Å². The van der Waals surface area contributed by atoms with E-state index in [1.54, 1.807) is 36.4 Å². The van der Waals surface area contributed by atoms with Crippen LogP contribution in [0.1, 0.15) is 29.8 Å². The summed E-state index contributed by atoms with van der Waals surface area (Å²) in [4.78, 5) is 36.7. The minimum atomic E-state index is -1.29. The van der Waals surface area contributed by atoms with Crippen molar-refractivity contribution in [2.45, 2.75) is 19.6 Å². The van der Waals surface area contributed by atoms with Crippen LogP contribution in [0.25, 0.3) is 16.8 Å². The lowest BCUT2D eigenvalue weighted by atomic mass is 10.0. The highest BCUT2D eigenvalue weighted by Gasteiger charge is 2.38. The van der Waals surface area contributed by atoms with Crippen LogP contribution in [-0.4, -0.2) is 23.7 Å². The van der Waals surface area contributed by atoms with Gasteiger partial charge in [0.05, 0.1) is 5.56 Å². The van der Waals surface area contributed by atoms with Gasteiger partial charge in [-0.15, -0.1) is 0 Å². The monoisotopic (exact) mass is 402 g/mol. The molecule has 0 saturated carbocycles. The zero-order chi connectivity index (χ0) is 21.3. The van der Waals surface area contributed by atoms with E-state index in [1.807, 2.05) is 30.3 Å². The molecule has 30 heavy (non-hydrogen) atoms. The van der Waals surface area contributed by atoms with Crippen molar-refractivity contribution in [3.05, 3.63) is 83.4 Å². The van der Waals surface area contributed by atoms with Crippen LogP contribution in [-0.2, 0) is 19.1 Å². The summed E-state index contributed by atoms with van der Waals surface area (Å²) in [7, 11) is 0. The predicted octanol–water partition coefficient (Wildman–Crippen LogP) is 4.28. The minimum absolute atomic E-state index is 0.199. The Kier molecular flexibility index (Phi) is 4.83. The second kappa shape index (κ2) is 7.48. The van der Waals surface area contributed by atoms with Crippen molar-refractivity contribution in [3.63, 3.8) is 0 Å². The van der Waals surface area contributed by atoms with Crippen LogP contribution >= 0.6 is 0 Å². The molecule has 1 aliphatic rings. The van der Waals surface area contributed by atoms with Gasteiger partial charge in [0.25, 0.3) is 5.79 Å². The second-order valence-corrected chi connectivity index (χ2v) is 7.22. The summed E-state index contributed by atoms with van der Waals surface area (Å²) in [6.45, 7) is 2.97. The maximum absolute atomic E-state index is 12.6. The molecule has 0 aromatic heterocycles. The first-order valence-corrected chi connectivity index (χ1v) is 9.31. The van der Waals surface area contributed by atoms with Gasteiger partial charge in [0.1, 0.15) is 11.3 Å². The smallest absolute Gasteiger partial charge is 0.348 e. The number of hydrogen-bond donors (Lipinski definition) is 0. The molecule has 0 radical (unpaired) electrons. The van der Waals surface area contributed by atoms with E-state index in [0.29, 0.717) is 16.9 Å². The van der Waals surface area contributed by atoms with Crippen molar-refractivity contribution < 1.29 is 28.6 Å². The number of benzene rings is 3. The number of esters is 3. The molecular weight excluding hydrogens is 384 g/mol. The maximum Gasteiger partial charge on any atom is 0.348 e. The molecule has 1 aliphatic heterocycles. The lowest BCUT2D eigenvalue weighted by Gasteiger charge is -2.29. The Morgan fingerprint density at radius 3 is 2.20 bits per heavy atom. The molecule has 4 rings (SSSR count). The quantitative estimate of drug-likeness (QED) is 0.282. The van der Waals surface area contributed by atoms with Crippen LogP contribution in [0.15, 0.2) is 72.3 Å². The Bertz CT molecular complexity index is 1160. The molecule has 0 atom stereocenters. The average molecular weight is 402 g/mol. The standard InChI is InChI=1S/C24H18O6/c1-24(2)29-22(26)20(23(27)30-24)14-15-10-12-17(13-11-15)28-21(25)19-9-5-7-16-6-3-4-8-18(16)19/h3-14H,1-2H3. The topological polar surface area (TPSA) is 78.9 Å². The van der Waals surface area contributed by atoms with Crippen LogP contribution in [0.5, 0.6) is 5.75 Å². The van der Waals surface area contributed by atoms with Gasteiger partial charge < -0.3 is 14.2 Å². The molecule has 0 amide bonds. The number of ether oxygens (including phenoxy) is 3. The van der Waals surface area contributed by atoms with E-state index < -0.39 is 23.7 Å². The number of fused-ring (bicyclic) bond motifs is 1. The number of carbonyl (C=O) groups is 3. The Hall–Kier alpha value is -3.93. The van der Waals surface area contributed by atoms with Crippen LogP contribution in [0, 0.1) is 0 Å². The summed E-state index contributed by atoms with van der Waals surface area (Å²) in [5.74, 6) is -2.92. The van der Waals surface area contributed by atoms with Gasteiger partial charge in [-0.2, -0.15) is 0 Å². The average Bonchev–Trinajstić information content (AvgIpc) is 2.71. The maximum atomic E-state index is 12.6. The molecule has 1 fully saturated rings. The van der Waals surface area contributed by atoms with Crippen molar-refractivity contribution in [3.8, 4) is 5.75 Å². The fourth-order valence-electron chi connectivity index (χ4n) is 3.14. The molecule has 3 aromatic carbocycles. The first-order valence-electron chi connectivity index (χ1n) is 9.31. The fourth-order valence-corrected chi connectivity index (χ4v) is 3.14. The molecule has 0 N–H and O–H groups in total. The lowest BCUT2D eigenvalue weighted by Crippen LogP contribution is -2.41.